The summed E-state index contributed by atoms with van der Waals surface area (Å²) in [6.07, 6.45) is 1.05. The predicted octanol–water partition coefficient (Wildman–Crippen LogP) is 3.67. The van der Waals surface area contributed by atoms with Gasteiger partial charge in [-0.15, -0.1) is 0 Å². The van der Waals surface area contributed by atoms with Gasteiger partial charge >= 0.3 is 0 Å². The number of carbonyl (C=O) groups excluding carboxylic acids is 2. The van der Waals surface area contributed by atoms with Crippen LogP contribution in [0.2, 0.25) is 5.02 Å². The molecule has 2 aromatic carbocycles. The first kappa shape index (κ1) is 18.0. The van der Waals surface area contributed by atoms with Gasteiger partial charge in [-0.05, 0) is 36.2 Å². The van der Waals surface area contributed by atoms with Crippen molar-refractivity contribution in [3.05, 3.63) is 64.7 Å². The van der Waals surface area contributed by atoms with Gasteiger partial charge in [0, 0.05) is 30.0 Å². The topological polar surface area (TPSA) is 55.4 Å². The SMILES string of the molecule is COc1cccc(C(=O)CCC(=O)NCCc2cccc(Cl)c2)c1. The number of benzene rings is 2. The number of carbonyl (C=O) groups is 2. The molecule has 0 heterocycles. The summed E-state index contributed by atoms with van der Waals surface area (Å²) >= 11 is 5.92. The molecule has 5 heteroatoms. The molecule has 1 amide bonds. The van der Waals surface area contributed by atoms with Gasteiger partial charge in [0.25, 0.3) is 0 Å². The lowest BCUT2D eigenvalue weighted by Crippen LogP contribution is -2.26. The van der Waals surface area contributed by atoms with E-state index in [1.807, 2.05) is 24.3 Å². The van der Waals surface area contributed by atoms with Crippen LogP contribution in [0.5, 0.6) is 5.75 Å². The molecule has 0 aliphatic heterocycles. The fourth-order valence-electron chi connectivity index (χ4n) is 2.30. The Bertz CT molecular complexity index is 715. The number of methoxy groups -OCH3 is 1. The lowest BCUT2D eigenvalue weighted by molar-refractivity contribution is -0.121. The maximum Gasteiger partial charge on any atom is 0.220 e. The van der Waals surface area contributed by atoms with Crippen LogP contribution in [0.3, 0.4) is 0 Å². The summed E-state index contributed by atoms with van der Waals surface area (Å²) in [5.41, 5.74) is 1.62. The van der Waals surface area contributed by atoms with Crippen LogP contribution in [0, 0.1) is 0 Å². The highest BCUT2D eigenvalue weighted by Gasteiger charge is 2.10. The van der Waals surface area contributed by atoms with E-state index in [-0.39, 0.29) is 24.5 Å². The molecule has 0 bridgehead atoms. The lowest BCUT2D eigenvalue weighted by atomic mass is 10.1. The third kappa shape index (κ3) is 5.70. The van der Waals surface area contributed by atoms with Gasteiger partial charge < -0.3 is 10.1 Å². The fourth-order valence-corrected chi connectivity index (χ4v) is 2.51. The molecule has 0 atom stereocenters. The molecular weight excluding hydrogens is 326 g/mol. The van der Waals surface area contributed by atoms with Crippen LogP contribution in [0.1, 0.15) is 28.8 Å². The van der Waals surface area contributed by atoms with E-state index in [1.54, 1.807) is 31.4 Å². The number of halogens is 1. The van der Waals surface area contributed by atoms with Crippen molar-refractivity contribution in [1.82, 2.24) is 5.32 Å². The molecule has 0 aromatic heterocycles. The van der Waals surface area contributed by atoms with Gasteiger partial charge in [-0.1, -0.05) is 35.9 Å². The van der Waals surface area contributed by atoms with Crippen LogP contribution in [-0.2, 0) is 11.2 Å². The van der Waals surface area contributed by atoms with Gasteiger partial charge in [-0.2, -0.15) is 0 Å². The Balaban J connectivity index is 1.73. The first-order chi connectivity index (χ1) is 11.6. The van der Waals surface area contributed by atoms with E-state index in [1.165, 1.54) is 0 Å². The molecule has 24 heavy (non-hydrogen) atoms. The smallest absolute Gasteiger partial charge is 0.220 e. The van der Waals surface area contributed by atoms with E-state index in [9.17, 15) is 9.59 Å². The second-order valence-electron chi connectivity index (χ2n) is 5.39. The number of Topliss-reactive ketones (excluding diaryl/α,β-unsaturated/α-hetero) is 1. The standard InChI is InChI=1S/C19H20ClNO3/c1-24-17-7-3-5-15(13-17)18(22)8-9-19(23)21-11-10-14-4-2-6-16(20)12-14/h2-7,12-13H,8-11H2,1H3,(H,21,23). The molecule has 0 saturated heterocycles. The summed E-state index contributed by atoms with van der Waals surface area (Å²) < 4.78 is 5.09. The van der Waals surface area contributed by atoms with Crippen molar-refractivity contribution in [2.75, 3.05) is 13.7 Å². The normalized spacial score (nSPS) is 10.2. The predicted molar refractivity (Wildman–Crippen MR) is 94.7 cm³/mol. The first-order valence-electron chi connectivity index (χ1n) is 7.77. The average molecular weight is 346 g/mol. The number of hydrogen-bond acceptors (Lipinski definition) is 3. The van der Waals surface area contributed by atoms with Crippen molar-refractivity contribution in [2.45, 2.75) is 19.3 Å². The van der Waals surface area contributed by atoms with Crippen LogP contribution in [-0.4, -0.2) is 25.3 Å². The summed E-state index contributed by atoms with van der Waals surface area (Å²) in [5.74, 6) is 0.430. The number of ether oxygens (including phenoxy) is 1. The molecule has 0 aliphatic carbocycles. The summed E-state index contributed by atoms with van der Waals surface area (Å²) in [6, 6.07) is 14.5. The number of hydrogen-bond donors (Lipinski definition) is 1. The largest absolute Gasteiger partial charge is 0.497 e. The van der Waals surface area contributed by atoms with Crippen molar-refractivity contribution in [2.24, 2.45) is 0 Å². The maximum atomic E-state index is 12.1. The van der Waals surface area contributed by atoms with Crippen LogP contribution >= 0.6 is 11.6 Å². The zero-order valence-corrected chi connectivity index (χ0v) is 14.3. The molecule has 0 aliphatic rings. The minimum absolute atomic E-state index is 0.0705. The summed E-state index contributed by atoms with van der Waals surface area (Å²) in [7, 11) is 1.55. The van der Waals surface area contributed by atoms with E-state index in [0.717, 1.165) is 5.56 Å². The van der Waals surface area contributed by atoms with Crippen LogP contribution in [0.15, 0.2) is 48.5 Å². The van der Waals surface area contributed by atoms with Gasteiger partial charge in [-0.3, -0.25) is 9.59 Å². The molecule has 4 nitrogen and oxygen atoms in total. The molecule has 126 valence electrons. The lowest BCUT2D eigenvalue weighted by Gasteiger charge is -2.06. The zero-order valence-electron chi connectivity index (χ0n) is 13.5. The number of amides is 1. The molecule has 0 unspecified atom stereocenters. The molecule has 0 saturated carbocycles. The minimum atomic E-state index is -0.131. The molecule has 2 aromatic rings. The van der Waals surface area contributed by atoms with Crippen molar-refractivity contribution < 1.29 is 14.3 Å². The molecule has 0 radical (unpaired) electrons. The average Bonchev–Trinajstić information content (AvgIpc) is 2.60. The Morgan fingerprint density at radius 2 is 1.88 bits per heavy atom. The quantitative estimate of drug-likeness (QED) is 0.743. The summed E-state index contributed by atoms with van der Waals surface area (Å²) in [6.45, 7) is 0.520. The summed E-state index contributed by atoms with van der Waals surface area (Å²) in [5, 5.41) is 3.50. The van der Waals surface area contributed by atoms with Crippen LogP contribution in [0.4, 0.5) is 0 Å². The van der Waals surface area contributed by atoms with E-state index < -0.39 is 0 Å². The van der Waals surface area contributed by atoms with Gasteiger partial charge in [0.1, 0.15) is 5.75 Å². The Kier molecular flexibility index (Phi) is 6.82. The van der Waals surface area contributed by atoms with Crippen molar-refractivity contribution in [3.63, 3.8) is 0 Å². The molecule has 0 spiro atoms. The van der Waals surface area contributed by atoms with E-state index in [0.29, 0.717) is 29.3 Å². The van der Waals surface area contributed by atoms with Crippen molar-refractivity contribution >= 4 is 23.3 Å². The second kappa shape index (κ2) is 9.08. The number of nitrogens with one attached hydrogen (secondary N) is 1. The molecular formula is C19H20ClNO3. The first-order valence-corrected chi connectivity index (χ1v) is 8.14. The highest BCUT2D eigenvalue weighted by atomic mass is 35.5. The highest BCUT2D eigenvalue weighted by molar-refractivity contribution is 6.30. The number of ketones is 1. The van der Waals surface area contributed by atoms with E-state index >= 15 is 0 Å². The third-order valence-corrected chi connectivity index (χ3v) is 3.83. The van der Waals surface area contributed by atoms with E-state index in [2.05, 4.69) is 5.32 Å². The van der Waals surface area contributed by atoms with Crippen LogP contribution in [0.25, 0.3) is 0 Å². The molecule has 1 N–H and O–H groups in total. The van der Waals surface area contributed by atoms with E-state index in [4.69, 9.17) is 16.3 Å². The van der Waals surface area contributed by atoms with Crippen LogP contribution < -0.4 is 10.1 Å². The van der Waals surface area contributed by atoms with Gasteiger partial charge in [0.2, 0.25) is 5.91 Å². The van der Waals surface area contributed by atoms with Crippen molar-refractivity contribution in [3.8, 4) is 5.75 Å². The second-order valence-corrected chi connectivity index (χ2v) is 5.82. The Labute approximate surface area is 146 Å². The third-order valence-electron chi connectivity index (χ3n) is 3.60. The van der Waals surface area contributed by atoms with Crippen molar-refractivity contribution in [1.29, 1.82) is 0 Å². The fraction of sp³-hybridized carbons (Fsp3) is 0.263. The van der Waals surface area contributed by atoms with Gasteiger partial charge in [0.05, 0.1) is 7.11 Å². The minimum Gasteiger partial charge on any atom is -0.497 e. The Hall–Kier alpha value is -2.33. The Morgan fingerprint density at radius 1 is 1.08 bits per heavy atom. The summed E-state index contributed by atoms with van der Waals surface area (Å²) in [4.78, 5) is 23.9. The molecule has 2 rings (SSSR count). The molecule has 0 fully saturated rings. The number of rotatable bonds is 8. The van der Waals surface area contributed by atoms with Gasteiger partial charge in [0.15, 0.2) is 5.78 Å². The highest BCUT2D eigenvalue weighted by Crippen LogP contribution is 2.14. The van der Waals surface area contributed by atoms with Gasteiger partial charge in [-0.25, -0.2) is 0 Å². The monoisotopic (exact) mass is 345 g/mol. The maximum absolute atomic E-state index is 12.1. The Morgan fingerprint density at radius 3 is 2.62 bits per heavy atom. The zero-order chi connectivity index (χ0) is 17.4.